The highest BCUT2D eigenvalue weighted by Crippen LogP contribution is 2.52. The van der Waals surface area contributed by atoms with Crippen molar-refractivity contribution in [2.75, 3.05) is 13.1 Å². The first-order chi connectivity index (χ1) is 8.65. The van der Waals surface area contributed by atoms with Crippen molar-refractivity contribution >= 4 is 0 Å². The molecule has 0 spiro atoms. The van der Waals surface area contributed by atoms with Crippen LogP contribution in [0.15, 0.2) is 0 Å². The van der Waals surface area contributed by atoms with Crippen molar-refractivity contribution in [3.8, 4) is 0 Å². The van der Waals surface area contributed by atoms with E-state index in [9.17, 15) is 0 Å². The molecule has 112 valence electrons. The van der Waals surface area contributed by atoms with Crippen molar-refractivity contribution in [2.24, 2.45) is 40.4 Å². The van der Waals surface area contributed by atoms with Gasteiger partial charge in [0.15, 0.2) is 0 Å². The second kappa shape index (κ2) is 5.06. The van der Waals surface area contributed by atoms with Crippen molar-refractivity contribution < 1.29 is 0 Å². The van der Waals surface area contributed by atoms with Gasteiger partial charge in [0.2, 0.25) is 0 Å². The van der Waals surface area contributed by atoms with E-state index in [-0.39, 0.29) is 0 Å². The van der Waals surface area contributed by atoms with Gasteiger partial charge in [0.25, 0.3) is 0 Å². The first kappa shape index (κ1) is 15.4. The Bertz CT molecular complexity index is 288. The van der Waals surface area contributed by atoms with E-state index >= 15 is 0 Å². The van der Waals surface area contributed by atoms with E-state index in [0.29, 0.717) is 10.8 Å². The quantitative estimate of drug-likeness (QED) is 0.676. The third-order valence-corrected chi connectivity index (χ3v) is 6.71. The number of fused-ring (bicyclic) bond motifs is 1. The summed E-state index contributed by atoms with van der Waals surface area (Å²) in [6.45, 7) is 20.0. The zero-order valence-electron chi connectivity index (χ0n) is 14.2. The van der Waals surface area contributed by atoms with Gasteiger partial charge in [0, 0.05) is 0 Å². The fourth-order valence-electron chi connectivity index (χ4n) is 5.22. The summed E-state index contributed by atoms with van der Waals surface area (Å²) in [7, 11) is 0. The summed E-state index contributed by atoms with van der Waals surface area (Å²) < 4.78 is 0. The fraction of sp³-hybridized carbons (Fsp3) is 1.00. The summed E-state index contributed by atoms with van der Waals surface area (Å²) in [5, 5.41) is 3.69. The van der Waals surface area contributed by atoms with Crippen LogP contribution in [0.2, 0.25) is 0 Å². The zero-order chi connectivity index (χ0) is 14.4. The minimum absolute atomic E-state index is 0.475. The Hall–Kier alpha value is -0.0400. The normalized spacial score (nSPS) is 45.9. The summed E-state index contributed by atoms with van der Waals surface area (Å²) in [6.07, 6.45) is 2.77. The Kier molecular flexibility index (Phi) is 4.09. The highest BCUT2D eigenvalue weighted by atomic mass is 14.9. The highest BCUT2D eigenvalue weighted by Gasteiger charge is 2.48. The van der Waals surface area contributed by atoms with Gasteiger partial charge in [-0.25, -0.2) is 0 Å². The molecule has 2 rings (SSSR count). The van der Waals surface area contributed by atoms with E-state index in [1.165, 1.54) is 25.9 Å². The summed E-state index contributed by atoms with van der Waals surface area (Å²) in [5.41, 5.74) is 0.951. The van der Waals surface area contributed by atoms with Gasteiger partial charge in [0.1, 0.15) is 0 Å². The summed E-state index contributed by atoms with van der Waals surface area (Å²) >= 11 is 0. The lowest BCUT2D eigenvalue weighted by molar-refractivity contribution is 0.0751. The molecular weight excluding hydrogens is 230 g/mol. The molecule has 1 heterocycles. The molecule has 2 aliphatic rings. The SMILES string of the molecule is CC1CC(C)(C)C2CNCC2C(C)(C)CC(C)C1C. The van der Waals surface area contributed by atoms with Gasteiger partial charge < -0.3 is 5.32 Å². The van der Waals surface area contributed by atoms with Gasteiger partial charge in [0.05, 0.1) is 0 Å². The first-order valence-corrected chi connectivity index (χ1v) is 8.36. The molecule has 1 heteroatoms. The Morgan fingerprint density at radius 2 is 1.11 bits per heavy atom. The maximum absolute atomic E-state index is 3.69. The molecule has 0 radical (unpaired) electrons. The third kappa shape index (κ3) is 2.86. The second-order valence-electron chi connectivity index (χ2n) is 9.07. The molecule has 4 unspecified atom stereocenters. The average Bonchev–Trinajstić information content (AvgIpc) is 2.76. The van der Waals surface area contributed by atoms with Crippen molar-refractivity contribution in [1.82, 2.24) is 5.32 Å². The van der Waals surface area contributed by atoms with Crippen LogP contribution in [0.1, 0.15) is 61.3 Å². The second-order valence-corrected chi connectivity index (χ2v) is 9.07. The lowest BCUT2D eigenvalue weighted by Crippen LogP contribution is -2.38. The molecular formula is C18H35N. The average molecular weight is 265 g/mol. The van der Waals surface area contributed by atoms with Gasteiger partial charge in [-0.3, -0.25) is 0 Å². The van der Waals surface area contributed by atoms with E-state index in [1.807, 2.05) is 0 Å². The predicted molar refractivity (Wildman–Crippen MR) is 84.1 cm³/mol. The molecule has 1 aliphatic heterocycles. The molecule has 0 aromatic carbocycles. The first-order valence-electron chi connectivity index (χ1n) is 8.36. The largest absolute Gasteiger partial charge is 0.316 e. The molecule has 1 aliphatic carbocycles. The maximum Gasteiger partial charge on any atom is -0.00120 e. The predicted octanol–water partition coefficient (Wildman–Crippen LogP) is 4.58. The van der Waals surface area contributed by atoms with Crippen LogP contribution in [0.3, 0.4) is 0 Å². The van der Waals surface area contributed by atoms with Crippen molar-refractivity contribution in [3.05, 3.63) is 0 Å². The number of hydrogen-bond donors (Lipinski definition) is 1. The summed E-state index contributed by atoms with van der Waals surface area (Å²) in [5.74, 6) is 4.25. The van der Waals surface area contributed by atoms with Crippen molar-refractivity contribution in [3.63, 3.8) is 0 Å². The Labute approximate surface area is 120 Å². The monoisotopic (exact) mass is 265 g/mol. The Morgan fingerprint density at radius 3 is 1.47 bits per heavy atom. The Morgan fingerprint density at radius 1 is 0.737 bits per heavy atom. The van der Waals surface area contributed by atoms with Crippen LogP contribution >= 0.6 is 0 Å². The molecule has 1 saturated carbocycles. The van der Waals surface area contributed by atoms with Crippen molar-refractivity contribution in [2.45, 2.75) is 61.3 Å². The van der Waals surface area contributed by atoms with Crippen LogP contribution in [0.5, 0.6) is 0 Å². The molecule has 2 fully saturated rings. The lowest BCUT2D eigenvalue weighted by atomic mass is 9.62. The van der Waals surface area contributed by atoms with Crippen LogP contribution in [-0.4, -0.2) is 13.1 Å². The summed E-state index contributed by atoms with van der Waals surface area (Å²) in [4.78, 5) is 0. The van der Waals surface area contributed by atoms with E-state index in [4.69, 9.17) is 0 Å². The number of nitrogens with one attached hydrogen (secondary N) is 1. The van der Waals surface area contributed by atoms with E-state index in [2.05, 4.69) is 53.8 Å². The van der Waals surface area contributed by atoms with Crippen LogP contribution in [0.25, 0.3) is 0 Å². The molecule has 0 aromatic heterocycles. The fourth-order valence-corrected chi connectivity index (χ4v) is 5.22. The highest BCUT2D eigenvalue weighted by molar-refractivity contribution is 4.99. The van der Waals surface area contributed by atoms with Crippen LogP contribution in [0.4, 0.5) is 0 Å². The molecule has 0 aromatic rings. The molecule has 0 amide bonds. The lowest BCUT2D eigenvalue weighted by Gasteiger charge is -2.42. The Balaban J connectivity index is 2.35. The van der Waals surface area contributed by atoms with Gasteiger partial charge in [-0.05, 0) is 66.4 Å². The van der Waals surface area contributed by atoms with Crippen LogP contribution in [-0.2, 0) is 0 Å². The van der Waals surface area contributed by atoms with Gasteiger partial charge >= 0.3 is 0 Å². The van der Waals surface area contributed by atoms with E-state index in [1.54, 1.807) is 0 Å². The topological polar surface area (TPSA) is 12.0 Å². The molecule has 1 nitrogen and oxygen atoms in total. The van der Waals surface area contributed by atoms with Gasteiger partial charge in [-0.2, -0.15) is 0 Å². The minimum atomic E-state index is 0.475. The smallest absolute Gasteiger partial charge is 0.00120 e. The van der Waals surface area contributed by atoms with Crippen LogP contribution < -0.4 is 5.32 Å². The molecule has 4 atom stereocenters. The van der Waals surface area contributed by atoms with E-state index < -0.39 is 0 Å². The number of rotatable bonds is 0. The van der Waals surface area contributed by atoms with Gasteiger partial charge in [-0.15, -0.1) is 0 Å². The standard InChI is InChI=1S/C18H35N/c1-12-8-17(4,5)15-10-19-11-16(15)18(6,7)9-13(2)14(12)3/h12-16,19H,8-11H2,1-7H3. The summed E-state index contributed by atoms with van der Waals surface area (Å²) in [6, 6.07) is 0. The minimum Gasteiger partial charge on any atom is -0.316 e. The van der Waals surface area contributed by atoms with Gasteiger partial charge in [-0.1, -0.05) is 48.5 Å². The molecule has 1 N–H and O–H groups in total. The van der Waals surface area contributed by atoms with E-state index in [0.717, 1.165) is 29.6 Å². The third-order valence-electron chi connectivity index (χ3n) is 6.71. The molecule has 0 bridgehead atoms. The molecule has 19 heavy (non-hydrogen) atoms. The molecule has 1 saturated heterocycles. The zero-order valence-corrected chi connectivity index (χ0v) is 14.2. The van der Waals surface area contributed by atoms with Crippen LogP contribution in [0, 0.1) is 40.4 Å². The number of hydrogen-bond acceptors (Lipinski definition) is 1. The maximum atomic E-state index is 3.69. The van der Waals surface area contributed by atoms with Crippen molar-refractivity contribution in [1.29, 1.82) is 0 Å².